The molecule has 0 saturated carbocycles. The first kappa shape index (κ1) is 22.0. The number of halogens is 1. The number of amides is 2. The van der Waals surface area contributed by atoms with Crippen LogP contribution in [0.4, 0.5) is 4.39 Å². The van der Waals surface area contributed by atoms with Gasteiger partial charge in [-0.15, -0.1) is 0 Å². The molecule has 168 valence electrons. The molecule has 0 atom stereocenters. The number of para-hydroxylation sites is 1. The molecule has 7 heteroatoms. The van der Waals surface area contributed by atoms with Gasteiger partial charge in [0.15, 0.2) is 18.2 Å². The maximum Gasteiger partial charge on any atom is 0.260 e. The predicted octanol–water partition coefficient (Wildman–Crippen LogP) is 2.52. The van der Waals surface area contributed by atoms with E-state index in [-0.39, 0.29) is 30.1 Å². The lowest BCUT2D eigenvalue weighted by atomic mass is 9.98. The zero-order valence-electron chi connectivity index (χ0n) is 18.0. The summed E-state index contributed by atoms with van der Waals surface area (Å²) >= 11 is 0. The van der Waals surface area contributed by atoms with Gasteiger partial charge in [0.25, 0.3) is 5.91 Å². The minimum Gasteiger partial charge on any atom is -0.481 e. The average molecular weight is 438 g/mol. The van der Waals surface area contributed by atoms with Crippen molar-refractivity contribution in [3.63, 3.8) is 0 Å². The van der Waals surface area contributed by atoms with Gasteiger partial charge >= 0.3 is 0 Å². The van der Waals surface area contributed by atoms with Gasteiger partial charge in [0.1, 0.15) is 0 Å². The van der Waals surface area contributed by atoms with Crippen LogP contribution in [0.5, 0.6) is 5.75 Å². The number of carbonyl (C=O) groups excluding carboxylic acids is 2. The summed E-state index contributed by atoms with van der Waals surface area (Å²) < 4.78 is 18.8. The molecule has 2 saturated heterocycles. The zero-order valence-corrected chi connectivity index (χ0v) is 18.0. The summed E-state index contributed by atoms with van der Waals surface area (Å²) in [7, 11) is 0. The Morgan fingerprint density at radius 3 is 2.34 bits per heavy atom. The molecule has 2 aliphatic heterocycles. The van der Waals surface area contributed by atoms with E-state index < -0.39 is 5.82 Å². The van der Waals surface area contributed by atoms with Crippen LogP contribution in [0.25, 0.3) is 6.08 Å². The molecule has 0 N–H and O–H groups in total. The lowest BCUT2D eigenvalue weighted by molar-refractivity contribution is -0.150. The minimum atomic E-state index is -0.494. The third-order valence-corrected chi connectivity index (χ3v) is 5.93. The summed E-state index contributed by atoms with van der Waals surface area (Å²) in [5, 5.41) is 0. The summed E-state index contributed by atoms with van der Waals surface area (Å²) in [6.45, 7) is 4.55. The molecular weight excluding hydrogens is 409 g/mol. The fourth-order valence-corrected chi connectivity index (χ4v) is 3.94. The molecule has 0 radical (unpaired) electrons. The van der Waals surface area contributed by atoms with Gasteiger partial charge < -0.3 is 14.5 Å². The Labute approximate surface area is 187 Å². The van der Waals surface area contributed by atoms with Crippen molar-refractivity contribution in [2.24, 2.45) is 5.92 Å². The monoisotopic (exact) mass is 437 g/mol. The Morgan fingerprint density at radius 1 is 0.938 bits per heavy atom. The molecule has 0 aromatic heterocycles. The highest BCUT2D eigenvalue weighted by Gasteiger charge is 2.38. The molecule has 2 amide bonds. The van der Waals surface area contributed by atoms with Crippen molar-refractivity contribution in [2.75, 3.05) is 52.4 Å². The second-order valence-corrected chi connectivity index (χ2v) is 8.15. The van der Waals surface area contributed by atoms with E-state index in [0.717, 1.165) is 19.6 Å². The number of hydrogen-bond acceptors (Lipinski definition) is 4. The molecule has 2 aromatic rings. The topological polar surface area (TPSA) is 53.1 Å². The standard InChI is InChI=1S/C25H28FN3O3/c26-22-10-4-5-11-23(22)32-19-24(30)29-17-21(18-29)25(31)28-15-13-27(14-16-28)12-6-9-20-7-2-1-3-8-20/h1-11,21H,12-19H2/b9-6+. The van der Waals surface area contributed by atoms with Crippen molar-refractivity contribution in [3.8, 4) is 5.75 Å². The van der Waals surface area contributed by atoms with Crippen LogP contribution in [-0.4, -0.2) is 78.9 Å². The molecule has 2 heterocycles. The first-order chi connectivity index (χ1) is 15.6. The van der Waals surface area contributed by atoms with E-state index in [0.29, 0.717) is 26.2 Å². The van der Waals surface area contributed by atoms with Gasteiger partial charge in [0, 0.05) is 45.8 Å². The maximum absolute atomic E-state index is 13.6. The molecule has 2 aromatic carbocycles. The van der Waals surface area contributed by atoms with E-state index in [1.54, 1.807) is 17.0 Å². The Morgan fingerprint density at radius 2 is 1.62 bits per heavy atom. The van der Waals surface area contributed by atoms with E-state index >= 15 is 0 Å². The van der Waals surface area contributed by atoms with E-state index in [1.807, 2.05) is 23.1 Å². The SMILES string of the molecule is O=C(COc1ccccc1F)N1CC(C(=O)N2CCN(C/C=C/c3ccccc3)CC2)C1. The largest absolute Gasteiger partial charge is 0.481 e. The number of carbonyl (C=O) groups is 2. The van der Waals surface area contributed by atoms with Gasteiger partial charge in [-0.3, -0.25) is 14.5 Å². The number of ether oxygens (including phenoxy) is 1. The number of rotatable bonds is 7. The van der Waals surface area contributed by atoms with Crippen LogP contribution in [0, 0.1) is 11.7 Å². The van der Waals surface area contributed by atoms with Crippen molar-refractivity contribution in [2.45, 2.75) is 0 Å². The van der Waals surface area contributed by atoms with Gasteiger partial charge in [0.05, 0.1) is 5.92 Å². The van der Waals surface area contributed by atoms with E-state index in [2.05, 4.69) is 29.2 Å². The normalized spacial score (nSPS) is 17.4. The van der Waals surface area contributed by atoms with Crippen LogP contribution in [0.15, 0.2) is 60.7 Å². The summed E-state index contributed by atoms with van der Waals surface area (Å²) in [5.74, 6) is -0.704. The Bertz CT molecular complexity index is 952. The number of benzene rings is 2. The number of likely N-dealkylation sites (tertiary alicyclic amines) is 1. The predicted molar refractivity (Wildman–Crippen MR) is 120 cm³/mol. The molecular formula is C25H28FN3O3. The highest BCUT2D eigenvalue weighted by atomic mass is 19.1. The van der Waals surface area contributed by atoms with Crippen LogP contribution in [0.3, 0.4) is 0 Å². The molecule has 2 aliphatic rings. The van der Waals surface area contributed by atoms with Crippen molar-refractivity contribution < 1.29 is 18.7 Å². The molecule has 0 bridgehead atoms. The molecule has 4 rings (SSSR count). The lowest BCUT2D eigenvalue weighted by Crippen LogP contribution is -2.59. The van der Waals surface area contributed by atoms with E-state index in [4.69, 9.17) is 4.74 Å². The third-order valence-electron chi connectivity index (χ3n) is 5.93. The number of nitrogens with zero attached hydrogens (tertiary/aromatic N) is 3. The number of piperazine rings is 1. The van der Waals surface area contributed by atoms with Crippen molar-refractivity contribution >= 4 is 17.9 Å². The highest BCUT2D eigenvalue weighted by molar-refractivity contribution is 5.85. The van der Waals surface area contributed by atoms with Crippen molar-refractivity contribution in [1.29, 1.82) is 0 Å². The second-order valence-electron chi connectivity index (χ2n) is 8.15. The van der Waals surface area contributed by atoms with Crippen LogP contribution >= 0.6 is 0 Å². The molecule has 0 spiro atoms. The fraction of sp³-hybridized carbons (Fsp3) is 0.360. The van der Waals surface area contributed by atoms with Crippen molar-refractivity contribution in [3.05, 3.63) is 72.1 Å². The summed E-state index contributed by atoms with van der Waals surface area (Å²) in [5.41, 5.74) is 1.18. The third kappa shape index (κ3) is 5.53. The summed E-state index contributed by atoms with van der Waals surface area (Å²) in [4.78, 5) is 30.8. The molecule has 32 heavy (non-hydrogen) atoms. The molecule has 2 fully saturated rings. The fourth-order valence-electron chi connectivity index (χ4n) is 3.94. The maximum atomic E-state index is 13.6. The smallest absolute Gasteiger partial charge is 0.260 e. The Balaban J connectivity index is 1.15. The van der Waals surface area contributed by atoms with Gasteiger partial charge in [-0.2, -0.15) is 0 Å². The first-order valence-corrected chi connectivity index (χ1v) is 11.0. The van der Waals surface area contributed by atoms with Gasteiger partial charge in [-0.1, -0.05) is 54.6 Å². The zero-order chi connectivity index (χ0) is 22.3. The van der Waals surface area contributed by atoms with Gasteiger partial charge in [-0.25, -0.2) is 4.39 Å². The van der Waals surface area contributed by atoms with Gasteiger partial charge in [-0.05, 0) is 17.7 Å². The number of hydrogen-bond donors (Lipinski definition) is 0. The summed E-state index contributed by atoms with van der Waals surface area (Å²) in [6.07, 6.45) is 4.28. The second kappa shape index (κ2) is 10.4. The molecule has 0 unspecified atom stereocenters. The van der Waals surface area contributed by atoms with Crippen LogP contribution < -0.4 is 4.74 Å². The highest BCUT2D eigenvalue weighted by Crippen LogP contribution is 2.21. The molecule has 0 aliphatic carbocycles. The molecule has 6 nitrogen and oxygen atoms in total. The van der Waals surface area contributed by atoms with Crippen LogP contribution in [0.1, 0.15) is 5.56 Å². The van der Waals surface area contributed by atoms with Gasteiger partial charge in [0.2, 0.25) is 5.91 Å². The Kier molecular flexibility index (Phi) is 7.17. The van der Waals surface area contributed by atoms with Crippen LogP contribution in [-0.2, 0) is 9.59 Å². The Hall–Kier alpha value is -3.19. The lowest BCUT2D eigenvalue weighted by Gasteiger charge is -2.42. The van der Waals surface area contributed by atoms with E-state index in [9.17, 15) is 14.0 Å². The van der Waals surface area contributed by atoms with Crippen LogP contribution in [0.2, 0.25) is 0 Å². The average Bonchev–Trinajstić information content (AvgIpc) is 2.79. The quantitative estimate of drug-likeness (QED) is 0.668. The van der Waals surface area contributed by atoms with E-state index in [1.165, 1.54) is 17.7 Å². The first-order valence-electron chi connectivity index (χ1n) is 11.0. The van der Waals surface area contributed by atoms with Crippen molar-refractivity contribution in [1.82, 2.24) is 14.7 Å². The summed E-state index contributed by atoms with van der Waals surface area (Å²) in [6, 6.07) is 16.2. The minimum absolute atomic E-state index is 0.0606.